The number of amides is 2. The van der Waals surface area contributed by atoms with Crippen LogP contribution in [0.15, 0.2) is 0 Å². The summed E-state index contributed by atoms with van der Waals surface area (Å²) in [5, 5.41) is 11.8. The number of aliphatic carboxylic acids is 1. The van der Waals surface area contributed by atoms with E-state index in [2.05, 4.69) is 10.2 Å². The molecule has 1 atom stereocenters. The number of urea groups is 1. The molecule has 0 spiro atoms. The number of nitrogens with zero attached hydrogens (tertiary/aromatic N) is 2. The van der Waals surface area contributed by atoms with Crippen LogP contribution in [0.25, 0.3) is 0 Å². The Morgan fingerprint density at radius 1 is 1.35 bits per heavy atom. The molecule has 8 heteroatoms. The Kier molecular flexibility index (Phi) is 5.93. The van der Waals surface area contributed by atoms with Gasteiger partial charge >= 0.3 is 12.0 Å². The molecular weight excluding hydrogens is 282 g/mol. The highest BCUT2D eigenvalue weighted by Crippen LogP contribution is 2.20. The van der Waals surface area contributed by atoms with Crippen LogP contribution in [0.4, 0.5) is 4.79 Å². The van der Waals surface area contributed by atoms with Crippen molar-refractivity contribution in [3.63, 3.8) is 0 Å². The van der Waals surface area contributed by atoms with E-state index in [1.165, 1.54) is 16.7 Å². The van der Waals surface area contributed by atoms with Crippen molar-refractivity contribution >= 4 is 23.8 Å². The predicted molar refractivity (Wildman–Crippen MR) is 75.9 cm³/mol. The minimum atomic E-state index is -0.932. The summed E-state index contributed by atoms with van der Waals surface area (Å²) in [6.45, 7) is 4.94. The second kappa shape index (κ2) is 7.70. The molecule has 2 saturated heterocycles. The maximum atomic E-state index is 11.9. The highest BCUT2D eigenvalue weighted by Gasteiger charge is 2.34. The number of hydrogen-bond donors (Lipinski definition) is 2. The number of ether oxygens (including phenoxy) is 1. The largest absolute Gasteiger partial charge is 0.480 e. The van der Waals surface area contributed by atoms with E-state index in [1.807, 2.05) is 0 Å². The van der Waals surface area contributed by atoms with E-state index in [1.54, 1.807) is 0 Å². The summed E-state index contributed by atoms with van der Waals surface area (Å²) >= 11 is 1.47. The lowest BCUT2D eigenvalue weighted by atomic mass is 10.3. The third-order valence-electron chi connectivity index (χ3n) is 3.46. The molecule has 2 aliphatic heterocycles. The molecule has 0 radical (unpaired) electrons. The van der Waals surface area contributed by atoms with Crippen molar-refractivity contribution in [2.75, 3.05) is 51.0 Å². The molecule has 114 valence electrons. The predicted octanol–water partition coefficient (Wildman–Crippen LogP) is -0.122. The Hall–Kier alpha value is -0.990. The summed E-state index contributed by atoms with van der Waals surface area (Å²) in [6.07, 6.45) is 0.866. The summed E-state index contributed by atoms with van der Waals surface area (Å²) in [5.41, 5.74) is 0. The first kappa shape index (κ1) is 15.4. The van der Waals surface area contributed by atoms with Gasteiger partial charge in [0.2, 0.25) is 0 Å². The Morgan fingerprint density at radius 3 is 2.80 bits per heavy atom. The zero-order chi connectivity index (χ0) is 14.4. The standard InChI is InChI=1S/C12H21N3O4S/c16-11(17)10-8-20-9-15(10)12(18)13-2-1-3-14-4-6-19-7-5-14/h10H,1-9H2,(H,13,18)(H,16,17). The molecule has 7 nitrogen and oxygen atoms in total. The maximum absolute atomic E-state index is 11.9. The van der Waals surface area contributed by atoms with Crippen molar-refractivity contribution in [3.05, 3.63) is 0 Å². The monoisotopic (exact) mass is 303 g/mol. The summed E-state index contributed by atoms with van der Waals surface area (Å²) in [6, 6.07) is -0.969. The molecule has 2 N–H and O–H groups in total. The Bertz CT molecular complexity index is 350. The number of morpholine rings is 1. The highest BCUT2D eigenvalue weighted by atomic mass is 32.2. The van der Waals surface area contributed by atoms with Gasteiger partial charge in [-0.2, -0.15) is 0 Å². The van der Waals surface area contributed by atoms with Crippen molar-refractivity contribution in [1.82, 2.24) is 15.1 Å². The van der Waals surface area contributed by atoms with Gasteiger partial charge in [0.05, 0.1) is 19.1 Å². The lowest BCUT2D eigenvalue weighted by Crippen LogP contribution is -2.47. The molecule has 2 rings (SSSR count). The van der Waals surface area contributed by atoms with E-state index in [9.17, 15) is 9.59 Å². The molecule has 0 saturated carbocycles. The Labute approximate surface area is 122 Å². The van der Waals surface area contributed by atoms with Gasteiger partial charge in [-0.25, -0.2) is 9.59 Å². The zero-order valence-corrected chi connectivity index (χ0v) is 12.2. The van der Waals surface area contributed by atoms with E-state index in [0.29, 0.717) is 18.2 Å². The molecule has 1 unspecified atom stereocenters. The number of nitrogens with one attached hydrogen (secondary N) is 1. The van der Waals surface area contributed by atoms with Crippen LogP contribution in [-0.4, -0.2) is 84.0 Å². The van der Waals surface area contributed by atoms with E-state index in [0.717, 1.165) is 39.3 Å². The van der Waals surface area contributed by atoms with Gasteiger partial charge in [-0.15, -0.1) is 11.8 Å². The number of thioether (sulfide) groups is 1. The van der Waals surface area contributed by atoms with Crippen LogP contribution in [0.5, 0.6) is 0 Å². The van der Waals surface area contributed by atoms with Crippen LogP contribution in [0.3, 0.4) is 0 Å². The molecule has 0 aromatic heterocycles. The number of carbonyl (C=O) groups excluding carboxylic acids is 1. The minimum absolute atomic E-state index is 0.274. The topological polar surface area (TPSA) is 82.1 Å². The summed E-state index contributed by atoms with van der Waals surface area (Å²) in [5.74, 6) is -0.0125. The molecule has 2 heterocycles. The summed E-state index contributed by atoms with van der Waals surface area (Å²) in [7, 11) is 0. The second-order valence-corrected chi connectivity index (χ2v) is 5.86. The Morgan fingerprint density at radius 2 is 2.10 bits per heavy atom. The fraction of sp³-hybridized carbons (Fsp3) is 0.833. The third kappa shape index (κ3) is 4.26. The molecule has 0 bridgehead atoms. The number of carboxylic acids is 1. The summed E-state index contributed by atoms with van der Waals surface area (Å²) in [4.78, 5) is 26.6. The minimum Gasteiger partial charge on any atom is -0.480 e. The third-order valence-corrected chi connectivity index (χ3v) is 4.47. The van der Waals surface area contributed by atoms with E-state index in [4.69, 9.17) is 9.84 Å². The van der Waals surface area contributed by atoms with E-state index in [-0.39, 0.29) is 6.03 Å². The van der Waals surface area contributed by atoms with Crippen LogP contribution in [0.2, 0.25) is 0 Å². The van der Waals surface area contributed by atoms with Gasteiger partial charge < -0.3 is 20.1 Å². The zero-order valence-electron chi connectivity index (χ0n) is 11.4. The van der Waals surface area contributed by atoms with Gasteiger partial charge in [-0.1, -0.05) is 0 Å². The maximum Gasteiger partial charge on any atom is 0.327 e. The first-order valence-corrected chi connectivity index (χ1v) is 7.99. The molecule has 2 fully saturated rings. The molecule has 2 amide bonds. The SMILES string of the molecule is O=C(O)C1CSCN1C(=O)NCCCN1CCOCC1. The van der Waals surface area contributed by atoms with Crippen LogP contribution in [-0.2, 0) is 9.53 Å². The molecular formula is C12H21N3O4S. The van der Waals surface area contributed by atoms with Gasteiger partial charge in [0, 0.05) is 25.4 Å². The normalized spacial score (nSPS) is 23.8. The highest BCUT2D eigenvalue weighted by molar-refractivity contribution is 7.99. The van der Waals surface area contributed by atoms with Crippen molar-refractivity contribution in [2.24, 2.45) is 0 Å². The van der Waals surface area contributed by atoms with Crippen LogP contribution < -0.4 is 5.32 Å². The number of rotatable bonds is 5. The molecule has 0 aromatic rings. The summed E-state index contributed by atoms with van der Waals surface area (Å²) < 4.78 is 5.27. The van der Waals surface area contributed by atoms with Crippen LogP contribution in [0, 0.1) is 0 Å². The lowest BCUT2D eigenvalue weighted by molar-refractivity contribution is -0.140. The van der Waals surface area contributed by atoms with Gasteiger partial charge in [-0.05, 0) is 13.0 Å². The molecule has 0 aliphatic carbocycles. The average Bonchev–Trinajstić information content (AvgIpc) is 2.94. The number of carboxylic acid groups (broad SMARTS) is 1. The van der Waals surface area contributed by atoms with Gasteiger partial charge in [0.15, 0.2) is 0 Å². The fourth-order valence-electron chi connectivity index (χ4n) is 2.27. The van der Waals surface area contributed by atoms with Crippen molar-refractivity contribution < 1.29 is 19.4 Å². The van der Waals surface area contributed by atoms with Crippen molar-refractivity contribution in [3.8, 4) is 0 Å². The molecule has 0 aromatic carbocycles. The molecule has 2 aliphatic rings. The molecule has 20 heavy (non-hydrogen) atoms. The smallest absolute Gasteiger partial charge is 0.327 e. The van der Waals surface area contributed by atoms with Gasteiger partial charge in [0.1, 0.15) is 6.04 Å². The van der Waals surface area contributed by atoms with Crippen LogP contribution in [0.1, 0.15) is 6.42 Å². The number of carbonyl (C=O) groups is 2. The van der Waals surface area contributed by atoms with Crippen LogP contribution >= 0.6 is 11.8 Å². The lowest BCUT2D eigenvalue weighted by Gasteiger charge is -2.26. The van der Waals surface area contributed by atoms with Crippen molar-refractivity contribution in [2.45, 2.75) is 12.5 Å². The number of hydrogen-bond acceptors (Lipinski definition) is 5. The van der Waals surface area contributed by atoms with E-state index < -0.39 is 12.0 Å². The quantitative estimate of drug-likeness (QED) is 0.689. The van der Waals surface area contributed by atoms with Gasteiger partial charge in [0.25, 0.3) is 0 Å². The first-order chi connectivity index (χ1) is 9.68. The van der Waals surface area contributed by atoms with Crippen molar-refractivity contribution in [1.29, 1.82) is 0 Å². The Balaban J connectivity index is 1.63. The van der Waals surface area contributed by atoms with E-state index >= 15 is 0 Å². The fourth-order valence-corrected chi connectivity index (χ4v) is 3.42. The second-order valence-electron chi connectivity index (χ2n) is 4.86. The average molecular weight is 303 g/mol. The first-order valence-electron chi connectivity index (χ1n) is 6.83. The van der Waals surface area contributed by atoms with Gasteiger partial charge in [-0.3, -0.25) is 4.90 Å².